The summed E-state index contributed by atoms with van der Waals surface area (Å²) in [5.41, 5.74) is 8.13. The molecule has 0 saturated heterocycles. The number of halogens is 1. The number of imidazole rings is 1. The van der Waals surface area contributed by atoms with E-state index in [1.165, 1.54) is 6.07 Å². The van der Waals surface area contributed by atoms with Crippen molar-refractivity contribution in [2.24, 2.45) is 5.73 Å². The van der Waals surface area contributed by atoms with E-state index in [-0.39, 0.29) is 11.9 Å². The summed E-state index contributed by atoms with van der Waals surface area (Å²) in [5, 5.41) is 6.44. The van der Waals surface area contributed by atoms with Crippen LogP contribution in [0.15, 0.2) is 60.8 Å². The van der Waals surface area contributed by atoms with Crippen LogP contribution in [0.4, 0.5) is 22.0 Å². The Bertz CT molecular complexity index is 1130. The van der Waals surface area contributed by atoms with Gasteiger partial charge in [0.2, 0.25) is 11.9 Å². The lowest BCUT2D eigenvalue weighted by molar-refractivity contribution is 0.631. The Balaban J connectivity index is 1.80. The molecule has 2 aromatic heterocycles. The van der Waals surface area contributed by atoms with Crippen LogP contribution in [-0.4, -0.2) is 32.1 Å². The first-order valence-electron chi connectivity index (χ1n) is 9.98. The minimum atomic E-state index is -0.356. The summed E-state index contributed by atoms with van der Waals surface area (Å²) >= 11 is 0. The number of rotatable bonds is 8. The van der Waals surface area contributed by atoms with Gasteiger partial charge in [-0.25, -0.2) is 14.4 Å². The number of fused-ring (bicyclic) bond motifs is 1. The van der Waals surface area contributed by atoms with E-state index in [4.69, 9.17) is 10.7 Å². The molecule has 4 N–H and O–H groups in total. The first-order valence-corrected chi connectivity index (χ1v) is 9.98. The minimum absolute atomic E-state index is 0.191. The van der Waals surface area contributed by atoms with Gasteiger partial charge in [0.25, 0.3) is 0 Å². The molecule has 4 aromatic rings. The third kappa shape index (κ3) is 4.08. The zero-order valence-electron chi connectivity index (χ0n) is 16.7. The summed E-state index contributed by atoms with van der Waals surface area (Å²) in [5.74, 6) is 0.615. The third-order valence-corrected chi connectivity index (χ3v) is 4.88. The van der Waals surface area contributed by atoms with Crippen LogP contribution in [0.5, 0.6) is 0 Å². The van der Waals surface area contributed by atoms with Crippen molar-refractivity contribution in [2.75, 3.05) is 17.2 Å². The van der Waals surface area contributed by atoms with Gasteiger partial charge in [0.1, 0.15) is 11.3 Å². The van der Waals surface area contributed by atoms with Crippen molar-refractivity contribution in [3.63, 3.8) is 0 Å². The highest BCUT2D eigenvalue weighted by atomic mass is 19.1. The van der Waals surface area contributed by atoms with Gasteiger partial charge in [0.15, 0.2) is 5.65 Å². The van der Waals surface area contributed by atoms with E-state index in [9.17, 15) is 4.39 Å². The van der Waals surface area contributed by atoms with Gasteiger partial charge in [-0.15, -0.1) is 0 Å². The van der Waals surface area contributed by atoms with Crippen molar-refractivity contribution in [1.29, 1.82) is 0 Å². The Labute approximate surface area is 174 Å². The fraction of sp³-hybridized carbons (Fsp3) is 0.227. The molecule has 30 heavy (non-hydrogen) atoms. The number of aromatic nitrogens is 4. The Kier molecular flexibility index (Phi) is 5.85. The van der Waals surface area contributed by atoms with Gasteiger partial charge in [-0.1, -0.05) is 37.3 Å². The maximum absolute atomic E-state index is 14.2. The van der Waals surface area contributed by atoms with Crippen LogP contribution in [0, 0.1) is 5.82 Å². The molecular weight excluding hydrogens is 381 g/mol. The zero-order chi connectivity index (χ0) is 20.9. The number of para-hydroxylation sites is 2. The van der Waals surface area contributed by atoms with Crippen LogP contribution in [-0.2, 0) is 0 Å². The highest BCUT2D eigenvalue weighted by Gasteiger charge is 2.17. The fourth-order valence-corrected chi connectivity index (χ4v) is 3.29. The molecule has 0 fully saturated rings. The highest BCUT2D eigenvalue weighted by molar-refractivity contribution is 5.79. The summed E-state index contributed by atoms with van der Waals surface area (Å²) < 4.78 is 16.1. The summed E-state index contributed by atoms with van der Waals surface area (Å²) in [7, 11) is 0. The molecule has 154 valence electrons. The van der Waals surface area contributed by atoms with E-state index < -0.39 is 0 Å². The molecule has 0 radical (unpaired) electrons. The molecule has 0 aliphatic heterocycles. The van der Waals surface area contributed by atoms with Gasteiger partial charge in [-0.2, -0.15) is 4.98 Å². The van der Waals surface area contributed by atoms with Crippen molar-refractivity contribution in [1.82, 2.24) is 19.5 Å². The number of nitrogens with zero attached hydrogens (tertiary/aromatic N) is 4. The summed E-state index contributed by atoms with van der Waals surface area (Å²) in [6.07, 6.45) is 3.42. The number of hydrogen-bond acceptors (Lipinski definition) is 6. The highest BCUT2D eigenvalue weighted by Crippen LogP contribution is 2.27. The number of anilines is 3. The molecule has 0 saturated carbocycles. The van der Waals surface area contributed by atoms with Crippen LogP contribution >= 0.6 is 0 Å². The maximum atomic E-state index is 14.2. The van der Waals surface area contributed by atoms with Crippen molar-refractivity contribution >= 4 is 28.7 Å². The molecule has 1 atom stereocenters. The molecule has 0 aliphatic carbocycles. The third-order valence-electron chi connectivity index (χ3n) is 4.88. The normalized spacial score (nSPS) is 12.1. The Hall–Kier alpha value is -3.52. The molecular formula is C22H24FN7. The topological polar surface area (TPSA) is 93.7 Å². The zero-order valence-corrected chi connectivity index (χ0v) is 16.7. The summed E-state index contributed by atoms with van der Waals surface area (Å²) in [4.78, 5) is 13.7. The maximum Gasteiger partial charge on any atom is 0.224 e. The second-order valence-corrected chi connectivity index (χ2v) is 6.94. The van der Waals surface area contributed by atoms with Gasteiger partial charge < -0.3 is 16.4 Å². The minimum Gasteiger partial charge on any atom is -0.351 e. The molecule has 0 amide bonds. The Morgan fingerprint density at radius 1 is 1.07 bits per heavy atom. The van der Waals surface area contributed by atoms with Gasteiger partial charge in [0, 0.05) is 6.04 Å². The largest absolute Gasteiger partial charge is 0.351 e. The standard InChI is InChI=1S/C22H24FN7/c1-2-15(12-13-24)26-21-25-14-19-20(29-21)30(16-8-4-3-5-9-16)22(28-19)27-18-11-7-6-10-17(18)23/h3-11,14-15H,2,12-13,24H2,1H3,(H,27,28)(H,25,26,29). The van der Waals surface area contributed by atoms with Crippen LogP contribution < -0.4 is 16.4 Å². The van der Waals surface area contributed by atoms with Crippen molar-refractivity contribution < 1.29 is 4.39 Å². The molecule has 0 aliphatic rings. The van der Waals surface area contributed by atoms with Gasteiger partial charge >= 0.3 is 0 Å². The smallest absolute Gasteiger partial charge is 0.224 e. The second-order valence-electron chi connectivity index (χ2n) is 6.94. The second kappa shape index (κ2) is 8.87. The molecule has 1 unspecified atom stereocenters. The van der Waals surface area contributed by atoms with Gasteiger partial charge in [0.05, 0.1) is 17.6 Å². The van der Waals surface area contributed by atoms with E-state index in [2.05, 4.69) is 27.5 Å². The molecule has 8 heteroatoms. The first kappa shape index (κ1) is 19.8. The first-order chi connectivity index (χ1) is 14.7. The number of hydrogen-bond donors (Lipinski definition) is 3. The van der Waals surface area contributed by atoms with Crippen molar-refractivity contribution in [3.8, 4) is 5.69 Å². The predicted molar refractivity (Wildman–Crippen MR) is 118 cm³/mol. The van der Waals surface area contributed by atoms with Gasteiger partial charge in [-0.05, 0) is 43.7 Å². The monoisotopic (exact) mass is 405 g/mol. The molecule has 0 spiro atoms. The number of nitrogens with one attached hydrogen (secondary N) is 2. The van der Waals surface area contributed by atoms with Crippen molar-refractivity contribution in [2.45, 2.75) is 25.8 Å². The van der Waals surface area contributed by atoms with E-state index in [1.54, 1.807) is 24.4 Å². The van der Waals surface area contributed by atoms with E-state index >= 15 is 0 Å². The average molecular weight is 405 g/mol. The molecule has 2 heterocycles. The SMILES string of the molecule is CCC(CCN)Nc1ncc2nc(Nc3ccccc3F)n(-c3ccccc3)c2n1. The lowest BCUT2D eigenvalue weighted by Gasteiger charge is -2.16. The fourth-order valence-electron chi connectivity index (χ4n) is 3.29. The van der Waals surface area contributed by atoms with Crippen molar-refractivity contribution in [3.05, 3.63) is 66.6 Å². The summed E-state index contributed by atoms with van der Waals surface area (Å²) in [6, 6.07) is 16.4. The van der Waals surface area contributed by atoms with E-state index in [0.29, 0.717) is 35.3 Å². The summed E-state index contributed by atoms with van der Waals surface area (Å²) in [6.45, 7) is 2.68. The molecule has 7 nitrogen and oxygen atoms in total. The molecule has 4 rings (SSSR count). The van der Waals surface area contributed by atoms with Gasteiger partial charge in [-0.3, -0.25) is 4.57 Å². The molecule has 2 aromatic carbocycles. The quantitative estimate of drug-likeness (QED) is 0.406. The molecule has 0 bridgehead atoms. The van der Waals surface area contributed by atoms with E-state index in [1.807, 2.05) is 34.9 Å². The van der Waals surface area contributed by atoms with Crippen LogP contribution in [0.25, 0.3) is 16.9 Å². The van der Waals surface area contributed by atoms with Crippen LogP contribution in [0.1, 0.15) is 19.8 Å². The Morgan fingerprint density at radius 3 is 2.57 bits per heavy atom. The number of nitrogens with two attached hydrogens (primary N) is 1. The lowest BCUT2D eigenvalue weighted by atomic mass is 10.1. The average Bonchev–Trinajstić information content (AvgIpc) is 3.12. The predicted octanol–water partition coefficient (Wildman–Crippen LogP) is 4.24. The lowest BCUT2D eigenvalue weighted by Crippen LogP contribution is -2.23. The Morgan fingerprint density at radius 2 is 1.83 bits per heavy atom. The van der Waals surface area contributed by atoms with E-state index in [0.717, 1.165) is 18.5 Å². The number of benzene rings is 2. The van der Waals surface area contributed by atoms with Crippen LogP contribution in [0.2, 0.25) is 0 Å². The van der Waals surface area contributed by atoms with Crippen LogP contribution in [0.3, 0.4) is 0 Å².